The maximum absolute atomic E-state index is 11.9. The van der Waals surface area contributed by atoms with Crippen LogP contribution in [-0.2, 0) is 14.4 Å². The zero-order valence-electron chi connectivity index (χ0n) is 12.0. The van der Waals surface area contributed by atoms with Crippen LogP contribution < -0.4 is 22.1 Å². The van der Waals surface area contributed by atoms with E-state index < -0.39 is 29.7 Å². The van der Waals surface area contributed by atoms with E-state index in [-0.39, 0.29) is 18.8 Å². The number of carboxylic acid groups (broad SMARTS) is 1. The lowest BCUT2D eigenvalue weighted by Gasteiger charge is -2.19. The van der Waals surface area contributed by atoms with E-state index in [0.29, 0.717) is 19.4 Å². The summed E-state index contributed by atoms with van der Waals surface area (Å²) in [5.74, 6) is -3.13. The molecule has 0 aromatic heterocycles. The first-order chi connectivity index (χ1) is 9.77. The molecule has 0 heterocycles. The Morgan fingerprint density at radius 3 is 2.33 bits per heavy atom. The van der Waals surface area contributed by atoms with Gasteiger partial charge in [-0.2, -0.15) is 0 Å². The lowest BCUT2D eigenvalue weighted by Crippen LogP contribution is -2.47. The third-order valence-corrected chi connectivity index (χ3v) is 2.93. The second-order valence-corrected chi connectivity index (χ2v) is 4.65. The van der Waals surface area contributed by atoms with E-state index in [9.17, 15) is 14.4 Å². The van der Waals surface area contributed by atoms with Gasteiger partial charge in [0.15, 0.2) is 5.96 Å². The molecule has 0 aliphatic heterocycles. The van der Waals surface area contributed by atoms with Gasteiger partial charge in [-0.15, -0.1) is 0 Å². The largest absolute Gasteiger partial charge is 0.481 e. The number of hydrogen-bond donors (Lipinski definition) is 6. The molecule has 1 unspecified atom stereocenters. The normalized spacial score (nSPS) is 13.0. The van der Waals surface area contributed by atoms with Crippen LogP contribution >= 0.6 is 0 Å². The van der Waals surface area contributed by atoms with Gasteiger partial charge in [-0.1, -0.05) is 6.92 Å². The quantitative estimate of drug-likeness (QED) is 0.167. The van der Waals surface area contributed by atoms with Gasteiger partial charge in [-0.05, 0) is 19.3 Å². The monoisotopic (exact) mass is 301 g/mol. The second kappa shape index (κ2) is 9.56. The molecule has 0 rings (SSSR count). The zero-order valence-corrected chi connectivity index (χ0v) is 12.0. The Bertz CT molecular complexity index is 399. The number of amides is 2. The summed E-state index contributed by atoms with van der Waals surface area (Å²) < 4.78 is 0. The minimum absolute atomic E-state index is 0.179. The molecule has 0 radical (unpaired) electrons. The molecule has 0 aromatic rings. The molecule has 0 saturated carbocycles. The van der Waals surface area contributed by atoms with Crippen molar-refractivity contribution in [2.24, 2.45) is 17.4 Å². The highest BCUT2D eigenvalue weighted by molar-refractivity contribution is 5.89. The van der Waals surface area contributed by atoms with E-state index >= 15 is 0 Å². The molecule has 0 spiro atoms. The first-order valence-corrected chi connectivity index (χ1v) is 6.67. The van der Waals surface area contributed by atoms with Crippen molar-refractivity contribution in [3.63, 3.8) is 0 Å². The highest BCUT2D eigenvalue weighted by Crippen LogP contribution is 2.09. The smallest absolute Gasteiger partial charge is 0.304 e. The van der Waals surface area contributed by atoms with Crippen LogP contribution in [0.2, 0.25) is 0 Å². The zero-order chi connectivity index (χ0) is 16.4. The average Bonchev–Trinajstić information content (AvgIpc) is 2.38. The molecule has 0 fully saturated rings. The summed E-state index contributed by atoms with van der Waals surface area (Å²) in [6.07, 6.45) is 0.823. The number of hydrogen-bond acceptors (Lipinski definition) is 4. The molecule has 9 heteroatoms. The van der Waals surface area contributed by atoms with E-state index in [1.165, 1.54) is 0 Å². The number of carboxylic acids is 1. The van der Waals surface area contributed by atoms with E-state index in [4.69, 9.17) is 22.0 Å². The van der Waals surface area contributed by atoms with Crippen molar-refractivity contribution in [2.75, 3.05) is 6.54 Å². The highest BCUT2D eigenvalue weighted by atomic mass is 16.4. The number of carbonyl (C=O) groups excluding carboxylic acids is 2. The second-order valence-electron chi connectivity index (χ2n) is 4.65. The average molecular weight is 301 g/mol. The number of primary amides is 1. The first-order valence-electron chi connectivity index (χ1n) is 6.67. The predicted molar refractivity (Wildman–Crippen MR) is 76.3 cm³/mol. The number of aliphatic carboxylic acids is 1. The fourth-order valence-corrected chi connectivity index (χ4v) is 1.74. The van der Waals surface area contributed by atoms with Crippen molar-refractivity contribution in [3.8, 4) is 0 Å². The van der Waals surface area contributed by atoms with Gasteiger partial charge in [0.05, 0.1) is 6.42 Å². The van der Waals surface area contributed by atoms with Gasteiger partial charge in [-0.25, -0.2) is 0 Å². The van der Waals surface area contributed by atoms with Gasteiger partial charge in [-0.3, -0.25) is 19.8 Å². The molecule has 0 aliphatic rings. The number of nitrogens with one attached hydrogen (secondary N) is 3. The molecular weight excluding hydrogens is 278 g/mol. The van der Waals surface area contributed by atoms with E-state index in [2.05, 4.69) is 10.6 Å². The van der Waals surface area contributed by atoms with Gasteiger partial charge in [0, 0.05) is 12.5 Å². The molecule has 0 bridgehead atoms. The molecule has 0 saturated heterocycles. The third kappa shape index (κ3) is 8.45. The van der Waals surface area contributed by atoms with Crippen molar-refractivity contribution >= 4 is 23.7 Å². The van der Waals surface area contributed by atoms with Crippen LogP contribution in [0.4, 0.5) is 0 Å². The molecule has 0 aromatic carbocycles. The molecule has 21 heavy (non-hydrogen) atoms. The van der Waals surface area contributed by atoms with Crippen LogP contribution in [0, 0.1) is 11.3 Å². The summed E-state index contributed by atoms with van der Waals surface area (Å²) in [6, 6.07) is -0.867. The fourth-order valence-electron chi connectivity index (χ4n) is 1.74. The van der Waals surface area contributed by atoms with Gasteiger partial charge < -0.3 is 27.2 Å². The Balaban J connectivity index is 4.41. The predicted octanol–water partition coefficient (Wildman–Crippen LogP) is -1.28. The van der Waals surface area contributed by atoms with Gasteiger partial charge in [0.2, 0.25) is 11.8 Å². The molecule has 0 aliphatic carbocycles. The van der Waals surface area contributed by atoms with Crippen LogP contribution in [0.15, 0.2) is 0 Å². The van der Waals surface area contributed by atoms with E-state index in [1.807, 2.05) is 0 Å². The fraction of sp³-hybridized carbons (Fsp3) is 0.667. The van der Waals surface area contributed by atoms with E-state index in [0.717, 1.165) is 0 Å². The Kier molecular flexibility index (Phi) is 8.51. The Hall–Kier alpha value is -2.32. The van der Waals surface area contributed by atoms with Crippen molar-refractivity contribution in [1.29, 1.82) is 5.41 Å². The topological polar surface area (TPSA) is 171 Å². The van der Waals surface area contributed by atoms with Crippen LogP contribution in [-0.4, -0.2) is 41.4 Å². The standard InChI is InChI=1S/C12H23N5O4/c1-2-7(6-9(18)19)11(21)17-8(10(13)20)4-3-5-16-12(14)15/h7-8H,2-6H2,1H3,(H2,13,20)(H,17,21)(H,18,19)(H4,14,15,16)/t7?,8-/m0/s1. The molecule has 2 amide bonds. The van der Waals surface area contributed by atoms with Gasteiger partial charge in [0.1, 0.15) is 6.04 Å². The summed E-state index contributed by atoms with van der Waals surface area (Å²) in [7, 11) is 0. The minimum Gasteiger partial charge on any atom is -0.481 e. The maximum Gasteiger partial charge on any atom is 0.304 e. The van der Waals surface area contributed by atoms with Crippen LogP contribution in [0.1, 0.15) is 32.6 Å². The number of rotatable bonds is 10. The number of guanidine groups is 1. The number of carbonyl (C=O) groups is 3. The summed E-state index contributed by atoms with van der Waals surface area (Å²) >= 11 is 0. The van der Waals surface area contributed by atoms with Gasteiger partial charge in [0.25, 0.3) is 0 Å². The summed E-state index contributed by atoms with van der Waals surface area (Å²) in [4.78, 5) is 33.9. The Morgan fingerprint density at radius 1 is 1.29 bits per heavy atom. The Labute approximate surface area is 122 Å². The molecule has 9 nitrogen and oxygen atoms in total. The molecule has 120 valence electrons. The Morgan fingerprint density at radius 2 is 1.90 bits per heavy atom. The molecule has 2 atom stereocenters. The molecular formula is C12H23N5O4. The van der Waals surface area contributed by atoms with E-state index in [1.54, 1.807) is 6.92 Å². The van der Waals surface area contributed by atoms with Crippen molar-refractivity contribution < 1.29 is 19.5 Å². The maximum atomic E-state index is 11.9. The summed E-state index contributed by atoms with van der Waals surface area (Å²) in [5.41, 5.74) is 10.3. The minimum atomic E-state index is -1.07. The highest BCUT2D eigenvalue weighted by Gasteiger charge is 2.24. The molecule has 8 N–H and O–H groups in total. The van der Waals surface area contributed by atoms with Crippen LogP contribution in [0.25, 0.3) is 0 Å². The van der Waals surface area contributed by atoms with Crippen molar-refractivity contribution in [3.05, 3.63) is 0 Å². The lowest BCUT2D eigenvalue weighted by molar-refractivity contribution is -0.141. The summed E-state index contributed by atoms with van der Waals surface area (Å²) in [6.45, 7) is 2.07. The van der Waals surface area contributed by atoms with Gasteiger partial charge >= 0.3 is 5.97 Å². The SMILES string of the molecule is CCC(CC(=O)O)C(=O)N[C@@H](CCCNC(=N)N)C(N)=O. The van der Waals surface area contributed by atoms with Crippen molar-refractivity contribution in [1.82, 2.24) is 10.6 Å². The number of nitrogens with two attached hydrogens (primary N) is 2. The van der Waals surface area contributed by atoms with Crippen LogP contribution in [0.5, 0.6) is 0 Å². The summed E-state index contributed by atoms with van der Waals surface area (Å²) in [5, 5.41) is 20.7. The third-order valence-electron chi connectivity index (χ3n) is 2.93. The van der Waals surface area contributed by atoms with Crippen molar-refractivity contribution in [2.45, 2.75) is 38.6 Å². The van der Waals surface area contributed by atoms with Crippen LogP contribution in [0.3, 0.4) is 0 Å². The first kappa shape index (κ1) is 18.7. The lowest BCUT2D eigenvalue weighted by atomic mass is 10.0.